The Morgan fingerprint density at radius 3 is 2.17 bits per heavy atom. The number of carbonyl (C=O) groups excluding carboxylic acids is 3. The molecule has 3 rings (SSSR count). The molecule has 8 nitrogen and oxygen atoms in total. The van der Waals surface area contributed by atoms with Gasteiger partial charge in [-0.15, -0.1) is 0 Å². The first-order chi connectivity index (χ1) is 16.6. The number of hydrogen-bond donors (Lipinski definition) is 1. The molecule has 0 aliphatic heterocycles. The summed E-state index contributed by atoms with van der Waals surface area (Å²) in [6.07, 6.45) is -1.15. The molecule has 0 spiro atoms. The van der Waals surface area contributed by atoms with E-state index in [1.165, 1.54) is 42.4 Å². The Balaban J connectivity index is 1.72. The van der Waals surface area contributed by atoms with Crippen molar-refractivity contribution in [2.24, 2.45) is 0 Å². The summed E-state index contributed by atoms with van der Waals surface area (Å²) in [5, 5.41) is 2.61. The van der Waals surface area contributed by atoms with Crippen LogP contribution in [-0.2, 0) is 19.6 Å². The molecule has 1 atom stereocenters. The molecule has 0 saturated carbocycles. The first-order valence-electron chi connectivity index (χ1n) is 10.9. The predicted octanol–water partition coefficient (Wildman–Crippen LogP) is 4.29. The van der Waals surface area contributed by atoms with Gasteiger partial charge >= 0.3 is 5.97 Å². The number of rotatable bonds is 9. The number of ketones is 1. The van der Waals surface area contributed by atoms with Gasteiger partial charge in [-0.2, -0.15) is 0 Å². The molecule has 0 aromatic heterocycles. The standard InChI is InChI=1S/C26H26N2O6S/c1-4-28(23-10-6-5-7-11-23)35(32,33)24-12-8-9-21(17-24)26(31)34-19(3)25(30)27-22-15-13-20(14-16-22)18(2)29/h5-17,19H,4H2,1-3H3,(H,27,30). The van der Waals surface area contributed by atoms with Crippen molar-refractivity contribution < 1.29 is 27.5 Å². The van der Waals surface area contributed by atoms with Crippen molar-refractivity contribution >= 4 is 39.1 Å². The second-order valence-corrected chi connectivity index (χ2v) is 9.57. The van der Waals surface area contributed by atoms with Crippen molar-refractivity contribution in [2.45, 2.75) is 31.8 Å². The van der Waals surface area contributed by atoms with Crippen LogP contribution >= 0.6 is 0 Å². The Bertz CT molecular complexity index is 1320. The second-order valence-electron chi connectivity index (χ2n) is 7.70. The molecule has 0 fully saturated rings. The van der Waals surface area contributed by atoms with Gasteiger partial charge in [0.15, 0.2) is 11.9 Å². The van der Waals surface area contributed by atoms with E-state index in [1.54, 1.807) is 61.5 Å². The molecule has 0 aliphatic carbocycles. The van der Waals surface area contributed by atoms with Crippen LogP contribution in [0.25, 0.3) is 0 Å². The van der Waals surface area contributed by atoms with Crippen LogP contribution in [-0.4, -0.2) is 38.7 Å². The van der Waals surface area contributed by atoms with Gasteiger partial charge in [0, 0.05) is 17.8 Å². The van der Waals surface area contributed by atoms with E-state index in [-0.39, 0.29) is 22.8 Å². The summed E-state index contributed by atoms with van der Waals surface area (Å²) in [6.45, 7) is 4.77. The highest BCUT2D eigenvalue weighted by atomic mass is 32.2. The van der Waals surface area contributed by atoms with Gasteiger partial charge in [0.1, 0.15) is 0 Å². The second kappa shape index (κ2) is 11.0. The molecule has 1 amide bonds. The van der Waals surface area contributed by atoms with Crippen LogP contribution in [0.4, 0.5) is 11.4 Å². The van der Waals surface area contributed by atoms with Crippen LogP contribution in [0.2, 0.25) is 0 Å². The van der Waals surface area contributed by atoms with Gasteiger partial charge in [0.2, 0.25) is 0 Å². The monoisotopic (exact) mass is 494 g/mol. The Labute approximate surface area is 204 Å². The fourth-order valence-electron chi connectivity index (χ4n) is 3.31. The molecule has 9 heteroatoms. The summed E-state index contributed by atoms with van der Waals surface area (Å²) in [4.78, 5) is 36.4. The number of carbonyl (C=O) groups is 3. The predicted molar refractivity (Wildman–Crippen MR) is 133 cm³/mol. The Kier molecular flexibility index (Phi) is 8.03. The van der Waals surface area contributed by atoms with Crippen molar-refractivity contribution in [1.29, 1.82) is 0 Å². The SMILES string of the molecule is CCN(c1ccccc1)S(=O)(=O)c1cccc(C(=O)OC(C)C(=O)Nc2ccc(C(C)=O)cc2)c1. The van der Waals surface area contributed by atoms with Crippen LogP contribution in [0.15, 0.2) is 83.8 Å². The molecule has 182 valence electrons. The highest BCUT2D eigenvalue weighted by molar-refractivity contribution is 7.92. The lowest BCUT2D eigenvalue weighted by Gasteiger charge is -2.23. The number of sulfonamides is 1. The van der Waals surface area contributed by atoms with E-state index in [4.69, 9.17) is 4.74 Å². The summed E-state index contributed by atoms with van der Waals surface area (Å²) in [6, 6.07) is 20.5. The van der Waals surface area contributed by atoms with Gasteiger partial charge in [-0.1, -0.05) is 24.3 Å². The van der Waals surface area contributed by atoms with Crippen molar-refractivity contribution in [3.63, 3.8) is 0 Å². The molecule has 0 saturated heterocycles. The molecule has 1 N–H and O–H groups in total. The highest BCUT2D eigenvalue weighted by Crippen LogP contribution is 2.24. The minimum atomic E-state index is -3.93. The molecule has 0 radical (unpaired) electrons. The number of esters is 1. The average molecular weight is 495 g/mol. The summed E-state index contributed by atoms with van der Waals surface area (Å²) < 4.78 is 33.0. The zero-order valence-electron chi connectivity index (χ0n) is 19.6. The molecule has 35 heavy (non-hydrogen) atoms. The number of ether oxygens (including phenoxy) is 1. The molecule has 0 heterocycles. The van der Waals surface area contributed by atoms with Gasteiger partial charge in [-0.25, -0.2) is 13.2 Å². The van der Waals surface area contributed by atoms with Crippen LogP contribution in [0, 0.1) is 0 Å². The minimum Gasteiger partial charge on any atom is -0.449 e. The largest absolute Gasteiger partial charge is 0.449 e. The average Bonchev–Trinajstić information content (AvgIpc) is 2.85. The maximum atomic E-state index is 13.2. The zero-order valence-corrected chi connectivity index (χ0v) is 20.4. The number of para-hydroxylation sites is 1. The lowest BCUT2D eigenvalue weighted by molar-refractivity contribution is -0.123. The number of nitrogens with zero attached hydrogens (tertiary/aromatic N) is 1. The van der Waals surface area contributed by atoms with Gasteiger partial charge in [0.05, 0.1) is 16.1 Å². The first kappa shape index (κ1) is 25.6. The molecular weight excluding hydrogens is 468 g/mol. The molecular formula is C26H26N2O6S. The summed E-state index contributed by atoms with van der Waals surface area (Å²) in [7, 11) is -3.93. The van der Waals surface area contributed by atoms with Gasteiger partial charge in [-0.3, -0.25) is 13.9 Å². The number of anilines is 2. The number of hydrogen-bond acceptors (Lipinski definition) is 6. The van der Waals surface area contributed by atoms with Crippen LogP contribution in [0.1, 0.15) is 41.5 Å². The molecule has 1 unspecified atom stereocenters. The topological polar surface area (TPSA) is 110 Å². The lowest BCUT2D eigenvalue weighted by Crippen LogP contribution is -2.31. The van der Waals surface area contributed by atoms with Crippen LogP contribution in [0.3, 0.4) is 0 Å². The Morgan fingerprint density at radius 1 is 0.914 bits per heavy atom. The summed E-state index contributed by atoms with van der Waals surface area (Å²) >= 11 is 0. The summed E-state index contributed by atoms with van der Waals surface area (Å²) in [5.41, 5.74) is 1.45. The number of benzene rings is 3. The quantitative estimate of drug-likeness (QED) is 0.351. The number of nitrogens with one attached hydrogen (secondary N) is 1. The first-order valence-corrected chi connectivity index (χ1v) is 12.4. The van der Waals surface area contributed by atoms with Crippen molar-refractivity contribution in [2.75, 3.05) is 16.2 Å². The van der Waals surface area contributed by atoms with Gasteiger partial charge in [-0.05, 0) is 75.4 Å². The van der Waals surface area contributed by atoms with Crippen LogP contribution < -0.4 is 9.62 Å². The zero-order chi connectivity index (χ0) is 25.6. The van der Waals surface area contributed by atoms with Gasteiger partial charge in [0.25, 0.3) is 15.9 Å². The fraction of sp³-hybridized carbons (Fsp3) is 0.192. The fourth-order valence-corrected chi connectivity index (χ4v) is 4.83. The molecule has 3 aromatic rings. The lowest BCUT2D eigenvalue weighted by atomic mass is 10.1. The molecule has 0 bridgehead atoms. The van der Waals surface area contributed by atoms with Gasteiger partial charge < -0.3 is 10.1 Å². The smallest absolute Gasteiger partial charge is 0.338 e. The third kappa shape index (κ3) is 6.13. The van der Waals surface area contributed by atoms with E-state index >= 15 is 0 Å². The van der Waals surface area contributed by atoms with Crippen LogP contribution in [0.5, 0.6) is 0 Å². The maximum Gasteiger partial charge on any atom is 0.338 e. The van der Waals surface area contributed by atoms with E-state index in [2.05, 4.69) is 5.32 Å². The van der Waals surface area contributed by atoms with E-state index in [0.29, 0.717) is 16.9 Å². The third-order valence-electron chi connectivity index (χ3n) is 5.20. The number of Topliss-reactive ketones (excluding diaryl/α,β-unsaturated/α-hetero) is 1. The van der Waals surface area contributed by atoms with E-state index < -0.39 is 28.0 Å². The summed E-state index contributed by atoms with van der Waals surface area (Å²) in [5.74, 6) is -1.50. The van der Waals surface area contributed by atoms with Crippen molar-refractivity contribution in [3.05, 3.63) is 90.0 Å². The Hall–Kier alpha value is -3.98. The molecule has 3 aromatic carbocycles. The van der Waals surface area contributed by atoms with E-state index in [9.17, 15) is 22.8 Å². The maximum absolute atomic E-state index is 13.2. The van der Waals surface area contributed by atoms with Crippen molar-refractivity contribution in [1.82, 2.24) is 0 Å². The molecule has 0 aliphatic rings. The van der Waals surface area contributed by atoms with E-state index in [1.807, 2.05) is 0 Å². The Morgan fingerprint density at radius 2 is 1.57 bits per heavy atom. The highest BCUT2D eigenvalue weighted by Gasteiger charge is 2.25. The minimum absolute atomic E-state index is 0.000603. The van der Waals surface area contributed by atoms with Crippen molar-refractivity contribution in [3.8, 4) is 0 Å². The third-order valence-corrected chi connectivity index (χ3v) is 7.10. The normalized spacial score (nSPS) is 11.9. The number of amides is 1. The van der Waals surface area contributed by atoms with E-state index in [0.717, 1.165) is 0 Å².